The van der Waals surface area contributed by atoms with Crippen LogP contribution in [0.15, 0.2) is 0 Å². The zero-order valence-corrected chi connectivity index (χ0v) is 9.34. The Balaban J connectivity index is 3.43. The van der Waals surface area contributed by atoms with Gasteiger partial charge < -0.3 is 15.7 Å². The van der Waals surface area contributed by atoms with Gasteiger partial charge in [-0.3, -0.25) is 0 Å². The number of aliphatic hydroxyl groups excluding tert-OH is 1. The Bertz CT molecular complexity index is 160. The van der Waals surface area contributed by atoms with Gasteiger partial charge in [0.25, 0.3) is 0 Å². The van der Waals surface area contributed by atoms with Gasteiger partial charge in [0.1, 0.15) is 0 Å². The molecule has 0 aliphatic heterocycles. The van der Waals surface area contributed by atoms with Crippen LogP contribution in [0.1, 0.15) is 33.6 Å². The molecule has 0 radical (unpaired) electrons. The van der Waals surface area contributed by atoms with E-state index in [4.69, 9.17) is 0 Å². The van der Waals surface area contributed by atoms with Crippen LogP contribution in [0, 0.1) is 5.92 Å². The Kier molecular flexibility index (Phi) is 7.20. The third kappa shape index (κ3) is 7.86. The predicted octanol–water partition coefficient (Wildman–Crippen LogP) is 1.10. The van der Waals surface area contributed by atoms with Crippen molar-refractivity contribution in [3.05, 3.63) is 0 Å². The second-order valence-corrected chi connectivity index (χ2v) is 3.93. The van der Waals surface area contributed by atoms with Crippen LogP contribution < -0.4 is 10.6 Å². The molecule has 0 spiro atoms. The van der Waals surface area contributed by atoms with Crippen molar-refractivity contribution in [3.8, 4) is 0 Å². The van der Waals surface area contributed by atoms with E-state index in [1.807, 2.05) is 20.8 Å². The minimum Gasteiger partial charge on any atom is -0.391 e. The maximum atomic E-state index is 11.1. The Morgan fingerprint density at radius 1 is 1.29 bits per heavy atom. The largest absolute Gasteiger partial charge is 0.391 e. The zero-order valence-electron chi connectivity index (χ0n) is 9.34. The predicted molar refractivity (Wildman–Crippen MR) is 57.2 cm³/mol. The summed E-state index contributed by atoms with van der Waals surface area (Å²) in [4.78, 5) is 11.1. The van der Waals surface area contributed by atoms with Crippen molar-refractivity contribution in [3.63, 3.8) is 0 Å². The minimum absolute atomic E-state index is 0.200. The first kappa shape index (κ1) is 13.2. The molecule has 2 amide bonds. The van der Waals surface area contributed by atoms with E-state index in [2.05, 4.69) is 10.6 Å². The molecule has 0 saturated heterocycles. The molecule has 0 aliphatic rings. The van der Waals surface area contributed by atoms with E-state index in [0.29, 0.717) is 19.0 Å². The molecule has 84 valence electrons. The van der Waals surface area contributed by atoms with E-state index in [-0.39, 0.29) is 6.03 Å². The number of carbonyl (C=O) groups excluding carboxylic acids is 1. The number of urea groups is 1. The maximum absolute atomic E-state index is 11.1. The fourth-order valence-corrected chi connectivity index (χ4v) is 1.01. The average Bonchev–Trinajstić information content (AvgIpc) is 2.12. The lowest BCUT2D eigenvalue weighted by atomic mass is 10.2. The van der Waals surface area contributed by atoms with Crippen molar-refractivity contribution in [2.75, 3.05) is 13.1 Å². The van der Waals surface area contributed by atoms with Gasteiger partial charge in [0.15, 0.2) is 0 Å². The second kappa shape index (κ2) is 7.62. The van der Waals surface area contributed by atoms with E-state index in [1.54, 1.807) is 0 Å². The summed E-state index contributed by atoms with van der Waals surface area (Å²) in [6.07, 6.45) is 1.23. The van der Waals surface area contributed by atoms with Crippen LogP contribution in [0.3, 0.4) is 0 Å². The van der Waals surface area contributed by atoms with Gasteiger partial charge in [0, 0.05) is 13.1 Å². The molecule has 4 heteroatoms. The lowest BCUT2D eigenvalue weighted by Gasteiger charge is -2.12. The summed E-state index contributed by atoms with van der Waals surface area (Å²) < 4.78 is 0. The quantitative estimate of drug-likeness (QED) is 0.604. The topological polar surface area (TPSA) is 61.4 Å². The van der Waals surface area contributed by atoms with E-state index in [1.165, 1.54) is 0 Å². The highest BCUT2D eigenvalue weighted by Gasteiger charge is 2.05. The lowest BCUT2D eigenvalue weighted by Crippen LogP contribution is -2.41. The van der Waals surface area contributed by atoms with Crippen molar-refractivity contribution in [1.29, 1.82) is 0 Å². The molecule has 1 unspecified atom stereocenters. The van der Waals surface area contributed by atoms with Crippen LogP contribution in [0.5, 0.6) is 0 Å². The number of hydrogen-bond donors (Lipinski definition) is 3. The SMILES string of the molecule is CCCC(O)CNC(=O)NCC(C)C. The van der Waals surface area contributed by atoms with Gasteiger partial charge in [-0.1, -0.05) is 27.2 Å². The summed E-state index contributed by atoms with van der Waals surface area (Å²) in [6.45, 7) is 7.06. The van der Waals surface area contributed by atoms with Crippen LogP contribution in [-0.2, 0) is 0 Å². The molecule has 0 aliphatic carbocycles. The lowest BCUT2D eigenvalue weighted by molar-refractivity contribution is 0.160. The molecule has 0 rings (SSSR count). The molecule has 14 heavy (non-hydrogen) atoms. The third-order valence-corrected chi connectivity index (χ3v) is 1.79. The summed E-state index contributed by atoms with van der Waals surface area (Å²) >= 11 is 0. The molecule has 0 saturated carbocycles. The van der Waals surface area contributed by atoms with Gasteiger partial charge in [0.05, 0.1) is 6.10 Å². The fraction of sp³-hybridized carbons (Fsp3) is 0.900. The van der Waals surface area contributed by atoms with Crippen molar-refractivity contribution in [1.82, 2.24) is 10.6 Å². The summed E-state index contributed by atoms with van der Waals surface area (Å²) in [7, 11) is 0. The van der Waals surface area contributed by atoms with Gasteiger partial charge in [-0.15, -0.1) is 0 Å². The Morgan fingerprint density at radius 3 is 2.36 bits per heavy atom. The van der Waals surface area contributed by atoms with E-state index in [0.717, 1.165) is 12.8 Å². The number of carbonyl (C=O) groups is 1. The zero-order chi connectivity index (χ0) is 11.0. The molecular weight excluding hydrogens is 180 g/mol. The first-order valence-electron chi connectivity index (χ1n) is 5.26. The molecule has 1 atom stereocenters. The highest BCUT2D eigenvalue weighted by Crippen LogP contribution is 1.93. The maximum Gasteiger partial charge on any atom is 0.314 e. The van der Waals surface area contributed by atoms with Crippen molar-refractivity contribution in [2.45, 2.75) is 39.7 Å². The molecular formula is C10H22N2O2. The number of hydrogen-bond acceptors (Lipinski definition) is 2. The van der Waals surface area contributed by atoms with Crippen LogP contribution in [-0.4, -0.2) is 30.3 Å². The van der Waals surface area contributed by atoms with Gasteiger partial charge in [-0.25, -0.2) is 4.79 Å². The standard InChI is InChI=1S/C10H22N2O2/c1-4-5-9(13)7-12-10(14)11-6-8(2)3/h8-9,13H,4-7H2,1-3H3,(H2,11,12,14). The number of nitrogens with one attached hydrogen (secondary N) is 2. The highest BCUT2D eigenvalue weighted by molar-refractivity contribution is 5.73. The molecule has 0 aromatic rings. The minimum atomic E-state index is -0.426. The molecule has 3 N–H and O–H groups in total. The number of rotatable bonds is 6. The van der Waals surface area contributed by atoms with E-state index < -0.39 is 6.10 Å². The molecule has 0 fully saturated rings. The molecule has 0 aromatic heterocycles. The van der Waals surface area contributed by atoms with Crippen LogP contribution in [0.4, 0.5) is 4.79 Å². The Hall–Kier alpha value is -0.770. The van der Waals surface area contributed by atoms with Gasteiger partial charge in [0.2, 0.25) is 0 Å². The molecule has 0 aromatic carbocycles. The highest BCUT2D eigenvalue weighted by atomic mass is 16.3. The Labute approximate surface area is 86.1 Å². The van der Waals surface area contributed by atoms with Gasteiger partial charge in [-0.05, 0) is 12.3 Å². The number of aliphatic hydroxyl groups is 1. The van der Waals surface area contributed by atoms with Crippen molar-refractivity contribution >= 4 is 6.03 Å². The molecule has 0 bridgehead atoms. The van der Waals surface area contributed by atoms with Crippen molar-refractivity contribution in [2.24, 2.45) is 5.92 Å². The smallest absolute Gasteiger partial charge is 0.314 e. The van der Waals surface area contributed by atoms with E-state index in [9.17, 15) is 9.90 Å². The molecule has 4 nitrogen and oxygen atoms in total. The van der Waals surface area contributed by atoms with Crippen LogP contribution >= 0.6 is 0 Å². The van der Waals surface area contributed by atoms with Crippen molar-refractivity contribution < 1.29 is 9.90 Å². The van der Waals surface area contributed by atoms with Gasteiger partial charge >= 0.3 is 6.03 Å². The number of amides is 2. The first-order valence-corrected chi connectivity index (χ1v) is 5.26. The fourth-order valence-electron chi connectivity index (χ4n) is 1.01. The molecule has 0 heterocycles. The van der Waals surface area contributed by atoms with Crippen LogP contribution in [0.25, 0.3) is 0 Å². The normalized spacial score (nSPS) is 12.6. The Morgan fingerprint density at radius 2 is 1.86 bits per heavy atom. The average molecular weight is 202 g/mol. The van der Waals surface area contributed by atoms with Crippen LogP contribution in [0.2, 0.25) is 0 Å². The third-order valence-electron chi connectivity index (χ3n) is 1.79. The van der Waals surface area contributed by atoms with E-state index >= 15 is 0 Å². The second-order valence-electron chi connectivity index (χ2n) is 3.93. The summed E-state index contributed by atoms with van der Waals surface area (Å²) in [5.74, 6) is 0.446. The summed E-state index contributed by atoms with van der Waals surface area (Å²) in [6, 6.07) is -0.200. The van der Waals surface area contributed by atoms with Gasteiger partial charge in [-0.2, -0.15) is 0 Å². The monoisotopic (exact) mass is 202 g/mol. The summed E-state index contributed by atoms with van der Waals surface area (Å²) in [5.41, 5.74) is 0. The first-order chi connectivity index (χ1) is 6.56. The summed E-state index contributed by atoms with van der Waals surface area (Å²) in [5, 5.41) is 14.7.